The summed E-state index contributed by atoms with van der Waals surface area (Å²) in [7, 11) is 0. The summed E-state index contributed by atoms with van der Waals surface area (Å²) in [6, 6.07) is 14.6. The van der Waals surface area contributed by atoms with E-state index in [1.165, 1.54) is 0 Å². The molecule has 2 heterocycles. The van der Waals surface area contributed by atoms with E-state index in [4.69, 9.17) is 4.42 Å². The fraction of sp³-hybridized carbons (Fsp3) is 0.143. The highest BCUT2D eigenvalue weighted by Gasteiger charge is 2.24. The van der Waals surface area contributed by atoms with Crippen molar-refractivity contribution in [1.29, 1.82) is 0 Å². The molecule has 29 heavy (non-hydrogen) atoms. The van der Waals surface area contributed by atoms with Crippen molar-refractivity contribution >= 4 is 45.7 Å². The van der Waals surface area contributed by atoms with Crippen molar-refractivity contribution in [2.75, 3.05) is 10.6 Å². The third kappa shape index (κ3) is 3.74. The average molecular weight is 406 g/mol. The number of carbonyl (C=O) groups is 2. The normalized spacial score (nSPS) is 10.8. The average Bonchev–Trinajstić information content (AvgIpc) is 3.35. The summed E-state index contributed by atoms with van der Waals surface area (Å²) in [4.78, 5) is 26.1. The van der Waals surface area contributed by atoms with Gasteiger partial charge in [0, 0.05) is 11.1 Å². The number of nitrogens with zero attached hydrogens (tertiary/aromatic N) is 2. The van der Waals surface area contributed by atoms with Gasteiger partial charge < -0.3 is 15.1 Å². The van der Waals surface area contributed by atoms with Gasteiger partial charge in [0.1, 0.15) is 16.1 Å². The van der Waals surface area contributed by atoms with Gasteiger partial charge in [-0.05, 0) is 49.1 Å². The van der Waals surface area contributed by atoms with E-state index in [9.17, 15) is 9.59 Å². The third-order valence-electron chi connectivity index (χ3n) is 4.45. The zero-order chi connectivity index (χ0) is 20.4. The molecule has 8 heteroatoms. The Labute approximate surface area is 170 Å². The van der Waals surface area contributed by atoms with Gasteiger partial charge in [-0.25, -0.2) is 0 Å². The molecule has 4 aromatic rings. The van der Waals surface area contributed by atoms with Crippen LogP contribution in [-0.2, 0) is 6.42 Å². The van der Waals surface area contributed by atoms with Gasteiger partial charge >= 0.3 is 0 Å². The Morgan fingerprint density at radius 3 is 2.55 bits per heavy atom. The molecule has 0 aliphatic carbocycles. The SMILES string of the molecule is CCc1nnsc1C(=O)Nc1c(C(=O)Nc2ccc(C)cc2)oc2ccccc12. The molecule has 0 radical (unpaired) electrons. The van der Waals surface area contributed by atoms with E-state index in [-0.39, 0.29) is 11.7 Å². The molecule has 0 unspecified atom stereocenters. The molecule has 2 aromatic heterocycles. The molecule has 146 valence electrons. The van der Waals surface area contributed by atoms with Crippen LogP contribution in [0.25, 0.3) is 11.0 Å². The molecule has 2 aromatic carbocycles. The lowest BCUT2D eigenvalue weighted by Gasteiger charge is -2.07. The lowest BCUT2D eigenvalue weighted by molar-refractivity contribution is 0.0999. The maximum absolute atomic E-state index is 12.9. The molecular formula is C21H18N4O3S. The van der Waals surface area contributed by atoms with E-state index >= 15 is 0 Å². The molecule has 2 amide bonds. The number of aryl methyl sites for hydroxylation is 2. The highest BCUT2D eigenvalue weighted by molar-refractivity contribution is 7.08. The zero-order valence-corrected chi connectivity index (χ0v) is 16.7. The Hall–Kier alpha value is -3.52. The second-order valence-electron chi connectivity index (χ2n) is 6.48. The number of nitrogens with one attached hydrogen (secondary N) is 2. The number of amides is 2. The van der Waals surface area contributed by atoms with Crippen LogP contribution in [0.2, 0.25) is 0 Å². The van der Waals surface area contributed by atoms with Crippen molar-refractivity contribution in [1.82, 2.24) is 9.59 Å². The molecule has 0 aliphatic heterocycles. The number of hydrogen-bond donors (Lipinski definition) is 2. The van der Waals surface area contributed by atoms with Crippen molar-refractivity contribution < 1.29 is 14.0 Å². The minimum Gasteiger partial charge on any atom is -0.449 e. The Morgan fingerprint density at radius 1 is 1.03 bits per heavy atom. The number of furan rings is 1. The van der Waals surface area contributed by atoms with Crippen LogP contribution in [0.15, 0.2) is 52.9 Å². The predicted molar refractivity (Wildman–Crippen MR) is 113 cm³/mol. The van der Waals surface area contributed by atoms with E-state index < -0.39 is 5.91 Å². The highest BCUT2D eigenvalue weighted by atomic mass is 32.1. The Balaban J connectivity index is 1.69. The standard InChI is InChI=1S/C21H18N4O3S/c1-3-15-19(29-25-24-15)21(27)23-17-14-6-4-5-7-16(14)28-18(17)20(26)22-13-10-8-12(2)9-11-13/h4-11H,3H2,1-2H3,(H,22,26)(H,23,27). The van der Waals surface area contributed by atoms with Crippen LogP contribution in [0.5, 0.6) is 0 Å². The number of para-hydroxylation sites is 1. The van der Waals surface area contributed by atoms with Gasteiger partial charge in [0.2, 0.25) is 5.76 Å². The first-order valence-corrected chi connectivity index (χ1v) is 9.86. The number of carbonyl (C=O) groups excluding carboxylic acids is 2. The van der Waals surface area contributed by atoms with E-state index in [1.807, 2.05) is 44.2 Å². The topological polar surface area (TPSA) is 97.1 Å². The number of anilines is 2. The molecule has 0 spiro atoms. The van der Waals surface area contributed by atoms with Gasteiger partial charge in [-0.2, -0.15) is 0 Å². The summed E-state index contributed by atoms with van der Waals surface area (Å²) in [6.45, 7) is 3.87. The van der Waals surface area contributed by atoms with Crippen LogP contribution in [-0.4, -0.2) is 21.4 Å². The molecule has 7 nitrogen and oxygen atoms in total. The highest BCUT2D eigenvalue weighted by Crippen LogP contribution is 2.32. The van der Waals surface area contributed by atoms with Crippen molar-refractivity contribution in [2.24, 2.45) is 0 Å². The van der Waals surface area contributed by atoms with Crippen molar-refractivity contribution in [2.45, 2.75) is 20.3 Å². The molecule has 0 fully saturated rings. The van der Waals surface area contributed by atoms with Crippen molar-refractivity contribution in [3.8, 4) is 0 Å². The predicted octanol–water partition coefficient (Wildman–Crippen LogP) is 4.66. The van der Waals surface area contributed by atoms with Gasteiger partial charge in [-0.15, -0.1) is 5.10 Å². The smallest absolute Gasteiger partial charge is 0.293 e. The maximum Gasteiger partial charge on any atom is 0.293 e. The summed E-state index contributed by atoms with van der Waals surface area (Å²) in [5, 5.41) is 10.3. The lowest BCUT2D eigenvalue weighted by Crippen LogP contribution is -2.17. The first-order valence-electron chi connectivity index (χ1n) is 9.09. The summed E-state index contributed by atoms with van der Waals surface area (Å²) in [5.74, 6) is -0.776. The summed E-state index contributed by atoms with van der Waals surface area (Å²) < 4.78 is 9.63. The molecular weight excluding hydrogens is 388 g/mol. The van der Waals surface area contributed by atoms with Crippen LogP contribution in [0.1, 0.15) is 38.4 Å². The van der Waals surface area contributed by atoms with E-state index in [0.717, 1.165) is 17.1 Å². The molecule has 0 saturated carbocycles. The molecule has 0 aliphatic rings. The molecule has 4 rings (SSSR count). The number of benzene rings is 2. The van der Waals surface area contributed by atoms with Gasteiger partial charge in [-0.3, -0.25) is 9.59 Å². The Bertz CT molecular complexity index is 1190. The van der Waals surface area contributed by atoms with Crippen LogP contribution in [0.3, 0.4) is 0 Å². The fourth-order valence-corrected chi connectivity index (χ4v) is 3.58. The number of fused-ring (bicyclic) bond motifs is 1. The third-order valence-corrected chi connectivity index (χ3v) is 5.21. The quantitative estimate of drug-likeness (QED) is 0.502. The molecule has 2 N–H and O–H groups in total. The van der Waals surface area contributed by atoms with Gasteiger partial charge in [0.15, 0.2) is 0 Å². The lowest BCUT2D eigenvalue weighted by atomic mass is 10.2. The second kappa shape index (κ2) is 7.84. The van der Waals surface area contributed by atoms with Gasteiger partial charge in [0.25, 0.3) is 11.8 Å². The van der Waals surface area contributed by atoms with Crippen LogP contribution >= 0.6 is 11.5 Å². The minimum absolute atomic E-state index is 0.0376. The Kier molecular flexibility index (Phi) is 5.09. The van der Waals surface area contributed by atoms with E-state index in [2.05, 4.69) is 20.2 Å². The zero-order valence-electron chi connectivity index (χ0n) is 15.9. The molecule has 0 atom stereocenters. The summed E-state index contributed by atoms with van der Waals surface area (Å²) in [6.07, 6.45) is 0.589. The molecule has 0 saturated heterocycles. The monoisotopic (exact) mass is 406 g/mol. The number of hydrogen-bond acceptors (Lipinski definition) is 6. The Morgan fingerprint density at radius 2 is 1.79 bits per heavy atom. The maximum atomic E-state index is 12.9. The number of aromatic nitrogens is 2. The van der Waals surface area contributed by atoms with Crippen molar-refractivity contribution in [3.63, 3.8) is 0 Å². The second-order valence-corrected chi connectivity index (χ2v) is 7.23. The first kappa shape index (κ1) is 18.8. The van der Waals surface area contributed by atoms with Crippen LogP contribution in [0.4, 0.5) is 11.4 Å². The minimum atomic E-state index is -0.446. The number of rotatable bonds is 5. The van der Waals surface area contributed by atoms with E-state index in [1.54, 1.807) is 18.2 Å². The largest absolute Gasteiger partial charge is 0.449 e. The van der Waals surface area contributed by atoms with E-state index in [0.29, 0.717) is 39.3 Å². The van der Waals surface area contributed by atoms with Gasteiger partial charge in [0.05, 0.1) is 5.69 Å². The van der Waals surface area contributed by atoms with Crippen LogP contribution in [0, 0.1) is 6.92 Å². The molecule has 0 bridgehead atoms. The summed E-state index contributed by atoms with van der Waals surface area (Å²) >= 11 is 1.02. The van der Waals surface area contributed by atoms with Crippen molar-refractivity contribution in [3.05, 3.63) is 70.4 Å². The van der Waals surface area contributed by atoms with Crippen LogP contribution < -0.4 is 10.6 Å². The fourth-order valence-electron chi connectivity index (χ4n) is 2.94. The van der Waals surface area contributed by atoms with Gasteiger partial charge in [-0.1, -0.05) is 41.2 Å². The summed E-state index contributed by atoms with van der Waals surface area (Å²) in [5.41, 5.74) is 3.18. The first-order chi connectivity index (χ1) is 14.1.